The standard InChI is InChI=1S/C22H19N5O3S/c1-27-16-10-14-7-8-30-17(14)11-18(16)31-12-15(22(27)29)23-21(28)20-24-19(25-26-20)9-13-5-3-2-4-6-13/h2-8,10-11,15H,9,12H2,1H3,(H,23,28)(H,24,25,26)/t15-/m0/s1. The minimum atomic E-state index is -0.697. The molecule has 4 aromatic rings. The Balaban J connectivity index is 1.31. The lowest BCUT2D eigenvalue weighted by Crippen LogP contribution is -2.48. The van der Waals surface area contributed by atoms with Crippen molar-refractivity contribution in [1.29, 1.82) is 0 Å². The number of hydrogen-bond acceptors (Lipinski definition) is 6. The number of amides is 2. The predicted molar refractivity (Wildman–Crippen MR) is 117 cm³/mol. The van der Waals surface area contributed by atoms with Gasteiger partial charge in [-0.15, -0.1) is 16.9 Å². The molecule has 0 fully saturated rings. The Labute approximate surface area is 182 Å². The number of thioether (sulfide) groups is 1. The van der Waals surface area contributed by atoms with Crippen molar-refractivity contribution in [3.05, 3.63) is 72.0 Å². The lowest BCUT2D eigenvalue weighted by molar-refractivity contribution is -0.119. The zero-order valence-electron chi connectivity index (χ0n) is 16.7. The van der Waals surface area contributed by atoms with Gasteiger partial charge in [-0.05, 0) is 23.8 Å². The Kier molecular flexibility index (Phi) is 4.95. The van der Waals surface area contributed by atoms with Gasteiger partial charge in [0.05, 0.1) is 12.0 Å². The highest BCUT2D eigenvalue weighted by Gasteiger charge is 2.31. The minimum Gasteiger partial charge on any atom is -0.464 e. The van der Waals surface area contributed by atoms with Gasteiger partial charge in [0, 0.05) is 29.5 Å². The van der Waals surface area contributed by atoms with E-state index in [0.717, 1.165) is 27.1 Å². The number of hydrogen-bond donors (Lipinski definition) is 2. The van der Waals surface area contributed by atoms with Gasteiger partial charge in [-0.1, -0.05) is 30.3 Å². The molecule has 2 aromatic heterocycles. The molecular weight excluding hydrogens is 414 g/mol. The molecule has 1 aliphatic rings. The first-order valence-corrected chi connectivity index (χ1v) is 10.7. The fourth-order valence-electron chi connectivity index (χ4n) is 3.54. The van der Waals surface area contributed by atoms with E-state index >= 15 is 0 Å². The highest BCUT2D eigenvalue weighted by molar-refractivity contribution is 7.99. The summed E-state index contributed by atoms with van der Waals surface area (Å²) in [6, 6.07) is 14.8. The van der Waals surface area contributed by atoms with Crippen LogP contribution in [-0.2, 0) is 11.2 Å². The monoisotopic (exact) mass is 433 g/mol. The molecule has 1 aliphatic heterocycles. The van der Waals surface area contributed by atoms with Crippen LogP contribution in [0.3, 0.4) is 0 Å². The molecule has 0 saturated carbocycles. The van der Waals surface area contributed by atoms with Crippen LogP contribution >= 0.6 is 11.8 Å². The van der Waals surface area contributed by atoms with Crippen molar-refractivity contribution in [2.24, 2.45) is 0 Å². The lowest BCUT2D eigenvalue weighted by atomic mass is 10.1. The van der Waals surface area contributed by atoms with Gasteiger partial charge in [0.15, 0.2) is 0 Å². The Bertz CT molecular complexity index is 1270. The Morgan fingerprint density at radius 3 is 2.97 bits per heavy atom. The van der Waals surface area contributed by atoms with Crippen molar-refractivity contribution in [3.8, 4) is 0 Å². The van der Waals surface area contributed by atoms with E-state index in [2.05, 4.69) is 20.5 Å². The number of likely N-dealkylation sites (N-methyl/N-ethyl adjacent to an activating group) is 1. The summed E-state index contributed by atoms with van der Waals surface area (Å²) in [5.74, 6) is 0.330. The molecule has 2 amide bonds. The number of nitrogens with zero attached hydrogens (tertiary/aromatic N) is 3. The van der Waals surface area contributed by atoms with E-state index in [1.165, 1.54) is 11.8 Å². The first kappa shape index (κ1) is 19.4. The Morgan fingerprint density at radius 2 is 2.13 bits per heavy atom. The van der Waals surface area contributed by atoms with Gasteiger partial charge in [-0.3, -0.25) is 14.7 Å². The molecule has 0 spiro atoms. The molecule has 1 atom stereocenters. The van der Waals surface area contributed by atoms with Gasteiger partial charge in [-0.2, -0.15) is 0 Å². The molecule has 9 heteroatoms. The third-order valence-corrected chi connectivity index (χ3v) is 6.32. The van der Waals surface area contributed by atoms with Gasteiger partial charge in [0.25, 0.3) is 5.91 Å². The van der Waals surface area contributed by atoms with Crippen LogP contribution in [0.5, 0.6) is 0 Å². The van der Waals surface area contributed by atoms with Crippen LogP contribution in [0.25, 0.3) is 11.0 Å². The topological polar surface area (TPSA) is 104 Å². The van der Waals surface area contributed by atoms with E-state index in [-0.39, 0.29) is 11.7 Å². The molecule has 5 rings (SSSR count). The quantitative estimate of drug-likeness (QED) is 0.513. The van der Waals surface area contributed by atoms with Crippen molar-refractivity contribution in [1.82, 2.24) is 20.5 Å². The van der Waals surface area contributed by atoms with Crippen LogP contribution in [0.15, 0.2) is 64.1 Å². The number of aromatic nitrogens is 3. The normalized spacial score (nSPS) is 16.2. The molecule has 31 heavy (non-hydrogen) atoms. The maximum atomic E-state index is 13.0. The third kappa shape index (κ3) is 3.79. The Hall–Kier alpha value is -3.59. The number of nitrogens with one attached hydrogen (secondary N) is 2. The second-order valence-electron chi connectivity index (χ2n) is 7.28. The lowest BCUT2D eigenvalue weighted by Gasteiger charge is -2.21. The molecule has 2 N–H and O–H groups in total. The summed E-state index contributed by atoms with van der Waals surface area (Å²) in [5.41, 5.74) is 2.62. The number of aromatic amines is 1. The molecule has 0 radical (unpaired) electrons. The molecule has 0 bridgehead atoms. The van der Waals surface area contributed by atoms with Crippen molar-refractivity contribution < 1.29 is 14.0 Å². The average molecular weight is 433 g/mol. The van der Waals surface area contributed by atoms with E-state index in [1.807, 2.05) is 48.5 Å². The van der Waals surface area contributed by atoms with Crippen LogP contribution in [-0.4, -0.2) is 45.8 Å². The summed E-state index contributed by atoms with van der Waals surface area (Å²) >= 11 is 1.50. The fourth-order valence-corrected chi connectivity index (χ4v) is 4.65. The molecule has 0 saturated heterocycles. The van der Waals surface area contributed by atoms with E-state index in [1.54, 1.807) is 18.2 Å². The minimum absolute atomic E-state index is 0.0191. The fraction of sp³-hybridized carbons (Fsp3) is 0.182. The third-order valence-electron chi connectivity index (χ3n) is 5.18. The summed E-state index contributed by atoms with van der Waals surface area (Å²) in [7, 11) is 1.71. The molecule has 0 unspecified atom stereocenters. The number of H-pyrrole nitrogens is 1. The van der Waals surface area contributed by atoms with Crippen molar-refractivity contribution >= 4 is 40.2 Å². The van der Waals surface area contributed by atoms with Crippen LogP contribution < -0.4 is 10.2 Å². The van der Waals surface area contributed by atoms with E-state index < -0.39 is 11.9 Å². The maximum Gasteiger partial charge on any atom is 0.291 e. The zero-order valence-corrected chi connectivity index (χ0v) is 17.5. The molecule has 156 valence electrons. The van der Waals surface area contributed by atoms with E-state index in [4.69, 9.17) is 4.42 Å². The first-order valence-electron chi connectivity index (χ1n) is 9.76. The summed E-state index contributed by atoms with van der Waals surface area (Å²) in [6.45, 7) is 0. The highest BCUT2D eigenvalue weighted by atomic mass is 32.2. The second-order valence-corrected chi connectivity index (χ2v) is 8.34. The van der Waals surface area contributed by atoms with Gasteiger partial charge >= 0.3 is 0 Å². The van der Waals surface area contributed by atoms with Crippen molar-refractivity contribution in [3.63, 3.8) is 0 Å². The molecule has 8 nitrogen and oxygen atoms in total. The number of carbonyl (C=O) groups excluding carboxylic acids is 2. The average Bonchev–Trinajstić information content (AvgIpc) is 3.42. The van der Waals surface area contributed by atoms with Gasteiger partial charge in [0.1, 0.15) is 17.4 Å². The van der Waals surface area contributed by atoms with Gasteiger partial charge < -0.3 is 14.6 Å². The predicted octanol–water partition coefficient (Wildman–Crippen LogP) is 3.01. The number of furan rings is 1. The smallest absolute Gasteiger partial charge is 0.291 e. The number of rotatable bonds is 4. The SMILES string of the molecule is CN1C(=O)[C@@H](NC(=O)c2n[nH]c(Cc3ccccc3)n2)CSc2cc3occc3cc21. The maximum absolute atomic E-state index is 13.0. The molecular formula is C22H19N5O3S. The Morgan fingerprint density at radius 1 is 1.29 bits per heavy atom. The number of anilines is 1. The van der Waals surface area contributed by atoms with Crippen LogP contribution in [0.1, 0.15) is 22.0 Å². The van der Waals surface area contributed by atoms with Gasteiger partial charge in [-0.25, -0.2) is 4.98 Å². The first-order chi connectivity index (χ1) is 15.1. The summed E-state index contributed by atoms with van der Waals surface area (Å²) in [5, 5.41) is 10.5. The second kappa shape index (κ2) is 7.92. The number of fused-ring (bicyclic) bond motifs is 2. The van der Waals surface area contributed by atoms with Crippen molar-refractivity contribution in [2.75, 3.05) is 17.7 Å². The van der Waals surface area contributed by atoms with Crippen molar-refractivity contribution in [2.45, 2.75) is 17.4 Å². The highest BCUT2D eigenvalue weighted by Crippen LogP contribution is 2.37. The van der Waals surface area contributed by atoms with Crippen LogP contribution in [0.2, 0.25) is 0 Å². The molecule has 2 aromatic carbocycles. The van der Waals surface area contributed by atoms with E-state index in [0.29, 0.717) is 18.0 Å². The van der Waals surface area contributed by atoms with Crippen LogP contribution in [0.4, 0.5) is 5.69 Å². The molecule has 0 aliphatic carbocycles. The number of benzene rings is 2. The largest absolute Gasteiger partial charge is 0.464 e. The summed E-state index contributed by atoms with van der Waals surface area (Å²) in [6.07, 6.45) is 2.17. The summed E-state index contributed by atoms with van der Waals surface area (Å²) < 4.78 is 5.47. The zero-order chi connectivity index (χ0) is 21.4. The van der Waals surface area contributed by atoms with Crippen LogP contribution in [0, 0.1) is 0 Å². The van der Waals surface area contributed by atoms with E-state index in [9.17, 15) is 9.59 Å². The molecule has 3 heterocycles. The number of carbonyl (C=O) groups is 2. The summed E-state index contributed by atoms with van der Waals surface area (Å²) in [4.78, 5) is 32.5. The van der Waals surface area contributed by atoms with Gasteiger partial charge in [0.2, 0.25) is 11.7 Å².